The van der Waals surface area contributed by atoms with Crippen LogP contribution in [0.4, 0.5) is 0 Å². The van der Waals surface area contributed by atoms with Crippen LogP contribution in [-0.2, 0) is 12.8 Å². The lowest BCUT2D eigenvalue weighted by molar-refractivity contribution is 0.462. The smallest absolute Gasteiger partial charge is 0.119 e. The van der Waals surface area contributed by atoms with Gasteiger partial charge in [0.1, 0.15) is 23.0 Å². The van der Waals surface area contributed by atoms with Crippen molar-refractivity contribution in [1.29, 1.82) is 0 Å². The van der Waals surface area contributed by atoms with Crippen molar-refractivity contribution in [1.82, 2.24) is 0 Å². The first-order valence-corrected chi connectivity index (χ1v) is 12.0. The van der Waals surface area contributed by atoms with E-state index in [1.807, 2.05) is 48.5 Å². The zero-order chi connectivity index (χ0) is 23.1. The molecule has 4 aromatic carbocycles. The minimum atomic E-state index is 0.265. The van der Waals surface area contributed by atoms with Gasteiger partial charge in [-0.05, 0) is 116 Å². The van der Waals surface area contributed by atoms with Gasteiger partial charge >= 0.3 is 0 Å². The zero-order valence-corrected chi connectivity index (χ0v) is 21.4. The molecule has 0 aliphatic heterocycles. The van der Waals surface area contributed by atoms with Crippen LogP contribution in [0.1, 0.15) is 22.3 Å². The minimum Gasteiger partial charge on any atom is -0.508 e. The predicted octanol–water partition coefficient (Wildman–Crippen LogP) is 6.59. The third-order valence-corrected chi connectivity index (χ3v) is 6.17. The molecular formula is C26H22I2O4. The van der Waals surface area contributed by atoms with Gasteiger partial charge in [-0.3, -0.25) is 0 Å². The number of hydrogen-bond donors (Lipinski definition) is 4. The molecule has 0 aromatic heterocycles. The van der Waals surface area contributed by atoms with Gasteiger partial charge in [0.05, 0.1) is 0 Å². The Labute approximate surface area is 214 Å². The van der Waals surface area contributed by atoms with E-state index < -0.39 is 0 Å². The van der Waals surface area contributed by atoms with E-state index in [-0.39, 0.29) is 23.0 Å². The first-order chi connectivity index (χ1) is 15.3. The van der Waals surface area contributed by atoms with Gasteiger partial charge in [0.2, 0.25) is 0 Å². The summed E-state index contributed by atoms with van der Waals surface area (Å²) < 4.78 is 2.14. The molecule has 0 aliphatic rings. The van der Waals surface area contributed by atoms with E-state index in [1.165, 1.54) is 0 Å². The Morgan fingerprint density at radius 3 is 1.16 bits per heavy atom. The molecule has 4 nitrogen and oxygen atoms in total. The van der Waals surface area contributed by atoms with Gasteiger partial charge in [0.15, 0.2) is 0 Å². The van der Waals surface area contributed by atoms with Crippen molar-refractivity contribution in [2.24, 2.45) is 0 Å². The van der Waals surface area contributed by atoms with Gasteiger partial charge in [-0.15, -0.1) is 0 Å². The maximum atomic E-state index is 9.70. The summed E-state index contributed by atoms with van der Waals surface area (Å²) in [5.74, 6) is 1.06. The lowest BCUT2D eigenvalue weighted by Gasteiger charge is -2.07. The summed E-state index contributed by atoms with van der Waals surface area (Å²) in [5.41, 5.74) is 3.29. The quantitative estimate of drug-likeness (QED) is 0.188. The van der Waals surface area contributed by atoms with Crippen LogP contribution in [-0.4, -0.2) is 20.4 Å². The van der Waals surface area contributed by atoms with Crippen molar-refractivity contribution in [2.45, 2.75) is 12.8 Å². The second-order valence-corrected chi connectivity index (χ2v) is 9.65. The minimum absolute atomic E-state index is 0.265. The molecule has 32 heavy (non-hydrogen) atoms. The summed E-state index contributed by atoms with van der Waals surface area (Å²) in [7, 11) is 0. The van der Waals surface area contributed by atoms with Crippen LogP contribution in [0.2, 0.25) is 0 Å². The van der Waals surface area contributed by atoms with Crippen LogP contribution in [0.3, 0.4) is 0 Å². The molecule has 4 aromatic rings. The number of rotatable bonds is 4. The normalized spacial score (nSPS) is 10.3. The highest BCUT2D eigenvalue weighted by atomic mass is 127. The highest BCUT2D eigenvalue weighted by Crippen LogP contribution is 2.27. The van der Waals surface area contributed by atoms with Gasteiger partial charge in [0.25, 0.3) is 0 Å². The summed E-state index contributed by atoms with van der Waals surface area (Å²) in [6.07, 6.45) is 1.07. The Morgan fingerprint density at radius 1 is 0.438 bits per heavy atom. The largest absolute Gasteiger partial charge is 0.508 e. The number of para-hydroxylation sites is 2. The Morgan fingerprint density at radius 2 is 0.781 bits per heavy atom. The predicted molar refractivity (Wildman–Crippen MR) is 143 cm³/mol. The van der Waals surface area contributed by atoms with Crippen LogP contribution < -0.4 is 0 Å². The monoisotopic (exact) mass is 652 g/mol. The van der Waals surface area contributed by atoms with Gasteiger partial charge in [-0.2, -0.15) is 0 Å². The summed E-state index contributed by atoms with van der Waals surface area (Å²) in [4.78, 5) is 0. The molecule has 164 valence electrons. The molecule has 0 aliphatic carbocycles. The van der Waals surface area contributed by atoms with Crippen LogP contribution in [0.5, 0.6) is 23.0 Å². The molecule has 0 heterocycles. The molecule has 0 fully saturated rings. The maximum Gasteiger partial charge on any atom is 0.119 e. The van der Waals surface area contributed by atoms with Crippen molar-refractivity contribution < 1.29 is 20.4 Å². The fourth-order valence-electron chi connectivity index (χ4n) is 3.12. The van der Waals surface area contributed by atoms with E-state index in [0.717, 1.165) is 29.4 Å². The van der Waals surface area contributed by atoms with Crippen molar-refractivity contribution in [3.05, 3.63) is 114 Å². The number of halogens is 2. The Balaban J connectivity index is 0.000000181. The van der Waals surface area contributed by atoms with Crippen molar-refractivity contribution in [3.8, 4) is 23.0 Å². The van der Waals surface area contributed by atoms with Crippen molar-refractivity contribution in [3.63, 3.8) is 0 Å². The molecule has 0 spiro atoms. The van der Waals surface area contributed by atoms with E-state index in [2.05, 4.69) is 45.2 Å². The van der Waals surface area contributed by atoms with E-state index in [9.17, 15) is 20.4 Å². The summed E-state index contributed by atoms with van der Waals surface area (Å²) in [5, 5.41) is 38.7. The molecule has 0 unspecified atom stereocenters. The first-order valence-electron chi connectivity index (χ1n) is 9.82. The average molecular weight is 652 g/mol. The molecule has 0 saturated heterocycles. The molecule has 0 atom stereocenters. The van der Waals surface area contributed by atoms with Crippen LogP contribution >= 0.6 is 45.2 Å². The van der Waals surface area contributed by atoms with Gasteiger partial charge in [0, 0.05) is 20.0 Å². The molecule has 0 radical (unpaired) electrons. The zero-order valence-electron chi connectivity index (χ0n) is 17.0. The van der Waals surface area contributed by atoms with Crippen molar-refractivity contribution >= 4 is 45.2 Å². The van der Waals surface area contributed by atoms with E-state index >= 15 is 0 Å². The molecule has 0 bridgehead atoms. The number of benzene rings is 4. The molecule has 6 heteroatoms. The van der Waals surface area contributed by atoms with Gasteiger partial charge in [-0.1, -0.05) is 36.4 Å². The number of phenols is 4. The van der Waals surface area contributed by atoms with E-state index in [0.29, 0.717) is 12.8 Å². The maximum absolute atomic E-state index is 9.70. The number of hydrogen-bond acceptors (Lipinski definition) is 4. The second kappa shape index (κ2) is 11.4. The van der Waals surface area contributed by atoms with Crippen molar-refractivity contribution in [2.75, 3.05) is 0 Å². The fourth-order valence-corrected chi connectivity index (χ4v) is 4.23. The summed E-state index contributed by atoms with van der Waals surface area (Å²) in [6.45, 7) is 0. The Kier molecular flexibility index (Phi) is 8.63. The topological polar surface area (TPSA) is 80.9 Å². The highest BCUT2D eigenvalue weighted by molar-refractivity contribution is 14.1. The van der Waals surface area contributed by atoms with Gasteiger partial charge in [-0.25, -0.2) is 0 Å². The molecule has 4 rings (SSSR count). The first kappa shape index (κ1) is 24.2. The Bertz CT molecular complexity index is 1110. The van der Waals surface area contributed by atoms with Crippen LogP contribution in [0.15, 0.2) is 84.9 Å². The van der Waals surface area contributed by atoms with Crippen LogP contribution in [0.25, 0.3) is 0 Å². The lowest BCUT2D eigenvalue weighted by Crippen LogP contribution is -1.90. The summed E-state index contributed by atoms with van der Waals surface area (Å²) >= 11 is 4.40. The number of phenolic OH excluding ortho intramolecular Hbond substituents is 4. The second-order valence-electron chi connectivity index (χ2n) is 7.16. The number of aromatic hydroxyl groups is 4. The average Bonchev–Trinajstić information content (AvgIpc) is 2.77. The highest BCUT2D eigenvalue weighted by Gasteiger charge is 2.07. The molecule has 0 saturated carbocycles. The lowest BCUT2D eigenvalue weighted by atomic mass is 10.0. The SMILES string of the molecule is Oc1ccccc1Cc1cc(I)ccc1O.Oc1ccccc1Cc1cc(I)ccc1O. The molecule has 0 amide bonds. The molecular weight excluding hydrogens is 630 g/mol. The molecule has 4 N–H and O–H groups in total. The van der Waals surface area contributed by atoms with E-state index in [4.69, 9.17) is 0 Å². The van der Waals surface area contributed by atoms with E-state index in [1.54, 1.807) is 36.4 Å². The Hall–Kier alpha value is -2.46. The fraction of sp³-hybridized carbons (Fsp3) is 0.0769. The van der Waals surface area contributed by atoms with Crippen LogP contribution in [0, 0.1) is 7.14 Å². The third-order valence-electron chi connectivity index (χ3n) is 4.83. The summed E-state index contributed by atoms with van der Waals surface area (Å²) in [6, 6.07) is 25.2. The van der Waals surface area contributed by atoms with Gasteiger partial charge < -0.3 is 20.4 Å². The third kappa shape index (κ3) is 6.77. The standard InChI is InChI=1S/2C13H11IO2/c2*14-11-5-6-13(16)10(8-11)7-9-3-1-2-4-12(9)15/h2*1-6,8,15-16H,7H2.